The Morgan fingerprint density at radius 1 is 0.731 bits per heavy atom. The molecule has 1 saturated carbocycles. The minimum absolute atomic E-state index is 0.00501. The van der Waals surface area contributed by atoms with Crippen LogP contribution in [0.1, 0.15) is 40.5 Å². The van der Waals surface area contributed by atoms with Gasteiger partial charge >= 0.3 is 0 Å². The van der Waals surface area contributed by atoms with Gasteiger partial charge in [-0.2, -0.15) is 0 Å². The third kappa shape index (κ3) is 4.09. The zero-order chi connectivity index (χ0) is 19.0. The van der Waals surface area contributed by atoms with Crippen molar-refractivity contribution in [1.29, 1.82) is 0 Å². The first-order valence-corrected chi connectivity index (χ1v) is 9.64. The number of ether oxygens (including phenoxy) is 2. The number of hydrogen-bond acceptors (Lipinski definition) is 5. The minimum atomic E-state index is -0.541. The van der Waals surface area contributed by atoms with Gasteiger partial charge in [-0.05, 0) is 27.7 Å². The van der Waals surface area contributed by atoms with E-state index in [1.807, 2.05) is 27.7 Å². The van der Waals surface area contributed by atoms with E-state index >= 15 is 0 Å². The molecule has 3 fully saturated rings. The maximum atomic E-state index is 13.1. The van der Waals surface area contributed by atoms with Crippen LogP contribution in [-0.4, -0.2) is 78.0 Å². The number of morpholine rings is 2. The summed E-state index contributed by atoms with van der Waals surface area (Å²) in [6.07, 6.45) is 0.213. The topological polar surface area (TPSA) is 76.2 Å². The van der Waals surface area contributed by atoms with Crippen LogP contribution in [-0.2, 0) is 23.9 Å². The summed E-state index contributed by atoms with van der Waals surface area (Å²) in [4.78, 5) is 41.8. The minimum Gasteiger partial charge on any atom is -0.372 e. The van der Waals surface area contributed by atoms with E-state index in [1.165, 1.54) is 0 Å². The quantitative estimate of drug-likeness (QED) is 0.724. The molecule has 2 aliphatic heterocycles. The van der Waals surface area contributed by atoms with Crippen LogP contribution in [0.5, 0.6) is 0 Å². The van der Waals surface area contributed by atoms with E-state index in [2.05, 4.69) is 0 Å². The molecule has 7 heteroatoms. The van der Waals surface area contributed by atoms with Gasteiger partial charge in [0.05, 0.1) is 36.3 Å². The highest BCUT2D eigenvalue weighted by Crippen LogP contribution is 2.34. The lowest BCUT2D eigenvalue weighted by molar-refractivity contribution is -0.156. The third-order valence-electron chi connectivity index (χ3n) is 5.48. The molecule has 2 amide bonds. The molecular formula is C19H30N2O5. The molecule has 3 rings (SSSR count). The summed E-state index contributed by atoms with van der Waals surface area (Å²) in [5.74, 6) is -1.23. The number of amides is 2. The first-order chi connectivity index (χ1) is 12.2. The third-order valence-corrected chi connectivity index (χ3v) is 5.48. The van der Waals surface area contributed by atoms with E-state index in [9.17, 15) is 14.4 Å². The van der Waals surface area contributed by atoms with Crippen molar-refractivity contribution in [1.82, 2.24) is 9.80 Å². The molecule has 7 nitrogen and oxygen atoms in total. The first kappa shape index (κ1) is 19.3. The Morgan fingerprint density at radius 3 is 1.35 bits per heavy atom. The number of carbonyl (C=O) groups is 3. The van der Waals surface area contributed by atoms with E-state index in [1.54, 1.807) is 9.80 Å². The molecule has 0 N–H and O–H groups in total. The number of nitrogens with zero attached hydrogens (tertiary/aromatic N) is 2. The Hall–Kier alpha value is -1.47. The highest BCUT2D eigenvalue weighted by Gasteiger charge is 2.46. The zero-order valence-electron chi connectivity index (χ0n) is 16.1. The lowest BCUT2D eigenvalue weighted by atomic mass is 9.92. The van der Waals surface area contributed by atoms with Gasteiger partial charge in [-0.15, -0.1) is 0 Å². The number of rotatable bonds is 2. The fraction of sp³-hybridized carbons (Fsp3) is 0.842. The van der Waals surface area contributed by atoms with Gasteiger partial charge in [-0.25, -0.2) is 0 Å². The molecule has 6 atom stereocenters. The van der Waals surface area contributed by atoms with Gasteiger partial charge in [0.15, 0.2) is 0 Å². The van der Waals surface area contributed by atoms with Gasteiger partial charge in [-0.1, -0.05) is 0 Å². The summed E-state index contributed by atoms with van der Waals surface area (Å²) >= 11 is 0. The Morgan fingerprint density at radius 2 is 1.04 bits per heavy atom. The summed E-state index contributed by atoms with van der Waals surface area (Å²) in [6, 6.07) is 0. The Bertz CT molecular complexity index is 512. The van der Waals surface area contributed by atoms with Gasteiger partial charge in [0.2, 0.25) is 11.8 Å². The fourth-order valence-electron chi connectivity index (χ4n) is 4.56. The van der Waals surface area contributed by atoms with Gasteiger partial charge < -0.3 is 19.3 Å². The van der Waals surface area contributed by atoms with Crippen LogP contribution >= 0.6 is 0 Å². The molecule has 0 radical (unpaired) electrons. The van der Waals surface area contributed by atoms with E-state index in [0.717, 1.165) is 0 Å². The Labute approximate surface area is 155 Å². The van der Waals surface area contributed by atoms with E-state index in [4.69, 9.17) is 9.47 Å². The van der Waals surface area contributed by atoms with Crippen molar-refractivity contribution >= 4 is 17.6 Å². The Balaban J connectivity index is 1.72. The summed E-state index contributed by atoms with van der Waals surface area (Å²) < 4.78 is 11.4. The lowest BCUT2D eigenvalue weighted by Crippen LogP contribution is -2.53. The van der Waals surface area contributed by atoms with Gasteiger partial charge in [0.25, 0.3) is 0 Å². The molecule has 6 unspecified atom stereocenters. The second-order valence-electron chi connectivity index (χ2n) is 8.16. The molecule has 1 aliphatic carbocycles. The number of carbonyl (C=O) groups excluding carboxylic acids is 3. The molecule has 146 valence electrons. The van der Waals surface area contributed by atoms with Crippen LogP contribution in [0.3, 0.4) is 0 Å². The van der Waals surface area contributed by atoms with Crippen LogP contribution in [0.15, 0.2) is 0 Å². The van der Waals surface area contributed by atoms with Crippen molar-refractivity contribution in [2.24, 2.45) is 11.8 Å². The molecule has 0 bridgehead atoms. The molecule has 0 spiro atoms. The predicted molar refractivity (Wildman–Crippen MR) is 94.4 cm³/mol. The van der Waals surface area contributed by atoms with Crippen molar-refractivity contribution in [2.75, 3.05) is 26.2 Å². The molecule has 2 saturated heterocycles. The zero-order valence-corrected chi connectivity index (χ0v) is 16.1. The fourth-order valence-corrected chi connectivity index (χ4v) is 4.56. The largest absolute Gasteiger partial charge is 0.372 e. The molecule has 0 aromatic carbocycles. The number of ketones is 1. The second-order valence-corrected chi connectivity index (χ2v) is 8.16. The van der Waals surface area contributed by atoms with E-state index in [-0.39, 0.29) is 54.9 Å². The summed E-state index contributed by atoms with van der Waals surface area (Å²) in [6.45, 7) is 9.81. The average Bonchev–Trinajstić information content (AvgIpc) is 2.93. The van der Waals surface area contributed by atoms with Crippen LogP contribution < -0.4 is 0 Å². The van der Waals surface area contributed by atoms with Crippen molar-refractivity contribution in [2.45, 2.75) is 65.0 Å². The highest BCUT2D eigenvalue weighted by molar-refractivity contribution is 5.98. The standard InChI is InChI=1S/C19H30N2O5/c1-11-7-20(8-12(2)25-11)18(23)16-5-15(22)6-17(16)19(24)21-9-13(3)26-14(4)10-21/h11-14,16-17H,5-10H2,1-4H3. The van der Waals surface area contributed by atoms with Crippen molar-refractivity contribution in [3.63, 3.8) is 0 Å². The maximum absolute atomic E-state index is 13.1. The summed E-state index contributed by atoms with van der Waals surface area (Å²) in [7, 11) is 0. The van der Waals surface area contributed by atoms with Crippen molar-refractivity contribution in [3.8, 4) is 0 Å². The first-order valence-electron chi connectivity index (χ1n) is 9.64. The van der Waals surface area contributed by atoms with Crippen molar-refractivity contribution < 1.29 is 23.9 Å². The van der Waals surface area contributed by atoms with Crippen LogP contribution in [0, 0.1) is 11.8 Å². The normalized spacial score (nSPS) is 38.5. The molecule has 0 aromatic rings. The smallest absolute Gasteiger partial charge is 0.227 e. The summed E-state index contributed by atoms with van der Waals surface area (Å²) in [5, 5.41) is 0. The summed E-state index contributed by atoms with van der Waals surface area (Å²) in [5.41, 5.74) is 0. The van der Waals surface area contributed by atoms with Crippen LogP contribution in [0.2, 0.25) is 0 Å². The van der Waals surface area contributed by atoms with Crippen LogP contribution in [0.25, 0.3) is 0 Å². The number of hydrogen-bond donors (Lipinski definition) is 0. The number of Topliss-reactive ketones (excluding diaryl/α,β-unsaturated/α-hetero) is 1. The molecule has 3 aliphatic rings. The maximum Gasteiger partial charge on any atom is 0.227 e. The van der Waals surface area contributed by atoms with Gasteiger partial charge in [-0.3, -0.25) is 14.4 Å². The molecule has 26 heavy (non-hydrogen) atoms. The molecular weight excluding hydrogens is 336 g/mol. The highest BCUT2D eigenvalue weighted by atomic mass is 16.5. The second kappa shape index (κ2) is 7.64. The monoisotopic (exact) mass is 366 g/mol. The SMILES string of the molecule is CC1CN(C(=O)C2CC(=O)CC2C(=O)N2CC(C)OC(C)C2)CC(C)O1. The molecule has 2 heterocycles. The molecule has 0 aromatic heterocycles. The van der Waals surface area contributed by atoms with E-state index in [0.29, 0.717) is 26.2 Å². The predicted octanol–water partition coefficient (Wildman–Crippen LogP) is 0.853. The van der Waals surface area contributed by atoms with E-state index < -0.39 is 11.8 Å². The van der Waals surface area contributed by atoms with Gasteiger partial charge in [0, 0.05) is 39.0 Å². The van der Waals surface area contributed by atoms with Gasteiger partial charge in [0.1, 0.15) is 5.78 Å². The van der Waals surface area contributed by atoms with Crippen molar-refractivity contribution in [3.05, 3.63) is 0 Å². The lowest BCUT2D eigenvalue weighted by Gasteiger charge is -2.39. The Kier molecular flexibility index (Phi) is 5.67. The average molecular weight is 366 g/mol. The van der Waals surface area contributed by atoms with Crippen LogP contribution in [0.4, 0.5) is 0 Å².